The van der Waals surface area contributed by atoms with E-state index in [2.05, 4.69) is 22.5 Å². The van der Waals surface area contributed by atoms with E-state index in [1.807, 2.05) is 44.2 Å². The van der Waals surface area contributed by atoms with E-state index < -0.39 is 12.0 Å². The monoisotopic (exact) mass is 496 g/mol. The third kappa shape index (κ3) is 6.63. The van der Waals surface area contributed by atoms with Gasteiger partial charge in [-0.25, -0.2) is 0 Å². The van der Waals surface area contributed by atoms with Crippen LogP contribution in [0.1, 0.15) is 37.5 Å². The van der Waals surface area contributed by atoms with Crippen LogP contribution in [0.25, 0.3) is 10.9 Å². The summed E-state index contributed by atoms with van der Waals surface area (Å²) in [5, 5.41) is 26.2. The molecule has 9 nitrogen and oxygen atoms in total. The summed E-state index contributed by atoms with van der Waals surface area (Å²) in [5.41, 5.74) is 10.7. The van der Waals surface area contributed by atoms with Gasteiger partial charge in [0.1, 0.15) is 0 Å². The van der Waals surface area contributed by atoms with Crippen molar-refractivity contribution < 1.29 is 24.5 Å². The lowest BCUT2D eigenvalue weighted by molar-refractivity contribution is -0.117. The number of rotatable bonds is 14. The van der Waals surface area contributed by atoms with Crippen LogP contribution in [0.3, 0.4) is 0 Å². The zero-order valence-electron chi connectivity index (χ0n) is 21.1. The summed E-state index contributed by atoms with van der Waals surface area (Å²) < 4.78 is 11.6. The molecule has 1 amide bonds. The van der Waals surface area contributed by atoms with Crippen molar-refractivity contribution in [1.82, 2.24) is 10.3 Å². The molecule has 0 aliphatic carbocycles. The Hall–Kier alpha value is -3.40. The van der Waals surface area contributed by atoms with Gasteiger partial charge in [0, 0.05) is 42.0 Å². The number of carbonyl (C=O) groups is 1. The maximum absolute atomic E-state index is 11.9. The third-order valence-corrected chi connectivity index (χ3v) is 5.77. The van der Waals surface area contributed by atoms with Crippen LogP contribution in [0.4, 0.5) is 11.4 Å². The van der Waals surface area contributed by atoms with E-state index in [0.29, 0.717) is 42.3 Å². The molecule has 0 saturated heterocycles. The minimum Gasteiger partial charge on any atom is -0.490 e. The standard InChI is InChI=1S/C27H36N4O5/c1-4-20-17(13-29-15-19(33)16-32)8-7-9-22(20)31-27-18(10-26(28)34)14-30-23-12-25(36-6-3)24(35-5-2)11-21(23)27/h7-9,11-12,14,19,29,32-33H,4-6,10,13,15-16H2,1-3H3,(H2,28,34)(H,30,31). The number of nitrogens with two attached hydrogens (primary N) is 1. The van der Waals surface area contributed by atoms with Gasteiger partial charge in [-0.1, -0.05) is 19.1 Å². The quantitative estimate of drug-likeness (QED) is 0.230. The smallest absolute Gasteiger partial charge is 0.221 e. The maximum atomic E-state index is 11.9. The molecule has 3 aromatic rings. The van der Waals surface area contributed by atoms with Gasteiger partial charge in [0.2, 0.25) is 5.91 Å². The van der Waals surface area contributed by atoms with Gasteiger partial charge >= 0.3 is 0 Å². The summed E-state index contributed by atoms with van der Waals surface area (Å²) in [7, 11) is 0. The van der Waals surface area contributed by atoms with Gasteiger partial charge < -0.3 is 36.1 Å². The number of carbonyl (C=O) groups excluding carboxylic acids is 1. The molecule has 0 fully saturated rings. The second-order valence-corrected chi connectivity index (χ2v) is 8.37. The van der Waals surface area contributed by atoms with E-state index in [1.54, 1.807) is 6.20 Å². The summed E-state index contributed by atoms with van der Waals surface area (Å²) in [6.07, 6.45) is 1.65. The van der Waals surface area contributed by atoms with Gasteiger partial charge in [0.25, 0.3) is 0 Å². The predicted octanol–water partition coefficient (Wildman–Crippen LogP) is 2.81. The van der Waals surface area contributed by atoms with Crippen LogP contribution in [-0.4, -0.2) is 53.6 Å². The average Bonchev–Trinajstić information content (AvgIpc) is 2.86. The number of hydrogen-bond donors (Lipinski definition) is 5. The molecule has 0 aliphatic heterocycles. The van der Waals surface area contributed by atoms with Crippen molar-refractivity contribution in [3.8, 4) is 11.5 Å². The fourth-order valence-corrected chi connectivity index (χ4v) is 4.15. The van der Waals surface area contributed by atoms with Gasteiger partial charge in [-0.15, -0.1) is 0 Å². The number of aliphatic hydroxyl groups is 2. The van der Waals surface area contributed by atoms with Gasteiger partial charge in [0.15, 0.2) is 11.5 Å². The van der Waals surface area contributed by atoms with Crippen LogP contribution < -0.4 is 25.8 Å². The van der Waals surface area contributed by atoms with Crippen molar-refractivity contribution in [2.45, 2.75) is 46.3 Å². The minimum atomic E-state index is -0.808. The van der Waals surface area contributed by atoms with Crippen LogP contribution in [0.15, 0.2) is 36.5 Å². The highest BCUT2D eigenvalue weighted by Crippen LogP contribution is 2.38. The van der Waals surface area contributed by atoms with E-state index in [-0.39, 0.29) is 19.6 Å². The van der Waals surface area contributed by atoms with Crippen LogP contribution >= 0.6 is 0 Å². The molecule has 3 rings (SSSR count). The Kier molecular flexibility index (Phi) is 9.86. The van der Waals surface area contributed by atoms with Crippen LogP contribution in [0.5, 0.6) is 11.5 Å². The summed E-state index contributed by atoms with van der Waals surface area (Å²) in [4.78, 5) is 16.4. The van der Waals surface area contributed by atoms with E-state index in [4.69, 9.17) is 20.3 Å². The number of pyridine rings is 1. The van der Waals surface area contributed by atoms with E-state index in [1.165, 1.54) is 0 Å². The fraction of sp³-hybridized carbons (Fsp3) is 0.407. The summed E-state index contributed by atoms with van der Waals surface area (Å²) >= 11 is 0. The van der Waals surface area contributed by atoms with Crippen molar-refractivity contribution in [2.24, 2.45) is 5.73 Å². The first kappa shape index (κ1) is 27.2. The second-order valence-electron chi connectivity index (χ2n) is 8.37. The first-order valence-corrected chi connectivity index (χ1v) is 12.3. The Labute approximate surface area is 211 Å². The Morgan fingerprint density at radius 1 is 1.11 bits per heavy atom. The number of primary amides is 1. The van der Waals surface area contributed by atoms with Crippen LogP contribution in [-0.2, 0) is 24.2 Å². The minimum absolute atomic E-state index is 0.0320. The number of amides is 1. The molecule has 9 heteroatoms. The number of hydrogen-bond acceptors (Lipinski definition) is 8. The maximum Gasteiger partial charge on any atom is 0.221 e. The fourth-order valence-electron chi connectivity index (χ4n) is 4.15. The number of nitrogens with zero attached hydrogens (tertiary/aromatic N) is 1. The average molecular weight is 497 g/mol. The number of anilines is 2. The molecule has 0 aliphatic rings. The highest BCUT2D eigenvalue weighted by molar-refractivity contribution is 5.98. The molecule has 2 aromatic carbocycles. The lowest BCUT2D eigenvalue weighted by atomic mass is 10.0. The molecular weight excluding hydrogens is 460 g/mol. The molecule has 0 spiro atoms. The number of aromatic nitrogens is 1. The highest BCUT2D eigenvalue weighted by Gasteiger charge is 2.17. The molecule has 0 saturated carbocycles. The van der Waals surface area contributed by atoms with Crippen LogP contribution in [0.2, 0.25) is 0 Å². The number of aliphatic hydroxyl groups excluding tert-OH is 2. The van der Waals surface area contributed by atoms with Crippen molar-refractivity contribution in [3.63, 3.8) is 0 Å². The van der Waals surface area contributed by atoms with Crippen molar-refractivity contribution >= 4 is 28.2 Å². The number of nitrogens with one attached hydrogen (secondary N) is 2. The van der Waals surface area contributed by atoms with E-state index in [9.17, 15) is 9.90 Å². The molecule has 0 radical (unpaired) electrons. The highest BCUT2D eigenvalue weighted by atomic mass is 16.5. The topological polar surface area (TPSA) is 139 Å². The lowest BCUT2D eigenvalue weighted by Crippen LogP contribution is -2.29. The molecule has 0 bridgehead atoms. The molecule has 6 N–H and O–H groups in total. The Morgan fingerprint density at radius 3 is 2.47 bits per heavy atom. The summed E-state index contributed by atoms with van der Waals surface area (Å²) in [6.45, 7) is 7.40. The SMILES string of the molecule is CCOc1cc2ncc(CC(N)=O)c(Nc3cccc(CNCC(O)CO)c3CC)c2cc1OCC. The Balaban J connectivity index is 2.09. The predicted molar refractivity (Wildman–Crippen MR) is 141 cm³/mol. The molecule has 1 aromatic heterocycles. The number of benzene rings is 2. The van der Waals surface area contributed by atoms with Crippen molar-refractivity contribution in [2.75, 3.05) is 31.7 Å². The summed E-state index contributed by atoms with van der Waals surface area (Å²) in [6, 6.07) is 9.70. The van der Waals surface area contributed by atoms with Gasteiger partial charge in [-0.3, -0.25) is 9.78 Å². The zero-order valence-corrected chi connectivity index (χ0v) is 21.1. The lowest BCUT2D eigenvalue weighted by Gasteiger charge is -2.20. The zero-order chi connectivity index (χ0) is 26.1. The largest absolute Gasteiger partial charge is 0.490 e. The number of ether oxygens (including phenoxy) is 2. The Morgan fingerprint density at radius 2 is 1.83 bits per heavy atom. The third-order valence-electron chi connectivity index (χ3n) is 5.77. The van der Waals surface area contributed by atoms with Gasteiger partial charge in [-0.05, 0) is 43.5 Å². The first-order valence-electron chi connectivity index (χ1n) is 12.3. The molecule has 36 heavy (non-hydrogen) atoms. The molecule has 1 unspecified atom stereocenters. The van der Waals surface area contributed by atoms with Crippen molar-refractivity contribution in [3.05, 3.63) is 53.2 Å². The second kappa shape index (κ2) is 13.1. The normalized spacial score (nSPS) is 11.9. The number of fused-ring (bicyclic) bond motifs is 1. The van der Waals surface area contributed by atoms with Crippen LogP contribution in [0, 0.1) is 0 Å². The van der Waals surface area contributed by atoms with E-state index >= 15 is 0 Å². The molecule has 194 valence electrons. The summed E-state index contributed by atoms with van der Waals surface area (Å²) in [5.74, 6) is 0.760. The molecule has 1 heterocycles. The van der Waals surface area contributed by atoms with Gasteiger partial charge in [0.05, 0.1) is 43.5 Å². The van der Waals surface area contributed by atoms with E-state index in [0.717, 1.165) is 34.3 Å². The van der Waals surface area contributed by atoms with Gasteiger partial charge in [-0.2, -0.15) is 0 Å². The molecular formula is C27H36N4O5. The first-order chi connectivity index (χ1) is 17.4. The van der Waals surface area contributed by atoms with Crippen molar-refractivity contribution in [1.29, 1.82) is 0 Å². The Bertz CT molecular complexity index is 1180. The molecule has 1 atom stereocenters.